The maximum Gasteiger partial charge on any atom is 0.316 e. The predicted molar refractivity (Wildman–Crippen MR) is 79.6 cm³/mol. The van der Waals surface area contributed by atoms with Gasteiger partial charge in [0.25, 0.3) is 0 Å². The van der Waals surface area contributed by atoms with E-state index < -0.39 is 4.92 Å². The van der Waals surface area contributed by atoms with Crippen LogP contribution in [0.25, 0.3) is 0 Å². The zero-order chi connectivity index (χ0) is 14.5. The van der Waals surface area contributed by atoms with Gasteiger partial charge in [0, 0.05) is 13.1 Å². The normalized spacial score (nSPS) is 19.6. The van der Waals surface area contributed by atoms with Gasteiger partial charge in [0.1, 0.15) is 11.4 Å². The molecule has 1 fully saturated rings. The fraction of sp³-hybridized carbons (Fsp3) is 0.538. The molecule has 0 radical (unpaired) electrons. The number of nitro benzene ring substituents is 1. The second-order valence-electron chi connectivity index (χ2n) is 5.25. The number of likely N-dealkylation sites (tertiary alicyclic amines) is 1. The van der Waals surface area contributed by atoms with Crippen molar-refractivity contribution < 1.29 is 4.92 Å². The molecule has 2 rings (SSSR count). The van der Waals surface area contributed by atoms with Crippen LogP contribution < -0.4 is 16.6 Å². The van der Waals surface area contributed by atoms with Crippen LogP contribution in [0.5, 0.6) is 0 Å². The van der Waals surface area contributed by atoms with Crippen molar-refractivity contribution in [1.29, 1.82) is 0 Å². The second kappa shape index (κ2) is 6.53. The quantitative estimate of drug-likeness (QED) is 0.431. The molecule has 1 atom stereocenters. The summed E-state index contributed by atoms with van der Waals surface area (Å²) in [7, 11) is 2.10. The summed E-state index contributed by atoms with van der Waals surface area (Å²) >= 11 is 0. The van der Waals surface area contributed by atoms with E-state index in [-0.39, 0.29) is 5.69 Å². The highest BCUT2D eigenvalue weighted by atomic mass is 16.6. The van der Waals surface area contributed by atoms with Gasteiger partial charge < -0.3 is 15.6 Å². The van der Waals surface area contributed by atoms with Crippen LogP contribution >= 0.6 is 0 Å². The Morgan fingerprint density at radius 2 is 2.25 bits per heavy atom. The Hall–Kier alpha value is -1.86. The summed E-state index contributed by atoms with van der Waals surface area (Å²) in [5.74, 6) is 5.84. The molecular weight excluding hydrogens is 258 g/mol. The van der Waals surface area contributed by atoms with Crippen LogP contribution in [-0.2, 0) is 0 Å². The molecular formula is C13H21N5O2. The number of nitrogens with two attached hydrogens (primary N) is 1. The number of rotatable bonds is 5. The number of hydrogen-bond acceptors (Lipinski definition) is 6. The molecule has 1 aliphatic rings. The predicted octanol–water partition coefficient (Wildman–Crippen LogP) is 1.63. The number of nitrogens with zero attached hydrogens (tertiary/aromatic N) is 2. The molecule has 0 aliphatic carbocycles. The Balaban J connectivity index is 2.07. The van der Waals surface area contributed by atoms with E-state index >= 15 is 0 Å². The average Bonchev–Trinajstić information content (AvgIpc) is 2.44. The molecule has 1 aliphatic heterocycles. The van der Waals surface area contributed by atoms with E-state index in [9.17, 15) is 10.1 Å². The van der Waals surface area contributed by atoms with E-state index in [4.69, 9.17) is 5.84 Å². The molecule has 20 heavy (non-hydrogen) atoms. The first-order valence-corrected chi connectivity index (χ1v) is 6.78. The fourth-order valence-electron chi connectivity index (χ4n) is 2.69. The maximum atomic E-state index is 11.2. The first-order valence-electron chi connectivity index (χ1n) is 6.78. The molecule has 1 aromatic rings. The highest BCUT2D eigenvalue weighted by molar-refractivity contribution is 5.75. The Labute approximate surface area is 118 Å². The van der Waals surface area contributed by atoms with Gasteiger partial charge >= 0.3 is 5.69 Å². The third-order valence-corrected chi connectivity index (χ3v) is 3.68. The van der Waals surface area contributed by atoms with Gasteiger partial charge in [-0.15, -0.1) is 0 Å². The van der Waals surface area contributed by atoms with Gasteiger partial charge in [0.15, 0.2) is 0 Å². The summed E-state index contributed by atoms with van der Waals surface area (Å²) in [6, 6.07) is 5.06. The molecule has 0 bridgehead atoms. The van der Waals surface area contributed by atoms with Gasteiger partial charge in [-0.05, 0) is 44.5 Å². The van der Waals surface area contributed by atoms with Gasteiger partial charge in [0.2, 0.25) is 0 Å². The summed E-state index contributed by atoms with van der Waals surface area (Å²) in [5, 5.41) is 14.4. The van der Waals surface area contributed by atoms with Crippen molar-refractivity contribution in [2.45, 2.75) is 12.8 Å². The van der Waals surface area contributed by atoms with Crippen molar-refractivity contribution in [3.63, 3.8) is 0 Å². The first kappa shape index (κ1) is 14.5. The third-order valence-electron chi connectivity index (χ3n) is 3.68. The lowest BCUT2D eigenvalue weighted by atomic mass is 9.98. The van der Waals surface area contributed by atoms with Crippen LogP contribution in [-0.4, -0.2) is 36.5 Å². The summed E-state index contributed by atoms with van der Waals surface area (Å²) in [6.07, 6.45) is 2.33. The number of nitrogens with one attached hydrogen (secondary N) is 2. The van der Waals surface area contributed by atoms with Crippen molar-refractivity contribution in [3.8, 4) is 0 Å². The van der Waals surface area contributed by atoms with Crippen LogP contribution in [0.3, 0.4) is 0 Å². The Morgan fingerprint density at radius 1 is 1.50 bits per heavy atom. The van der Waals surface area contributed by atoms with E-state index in [1.807, 2.05) is 0 Å². The molecule has 1 aromatic carbocycles. The summed E-state index contributed by atoms with van der Waals surface area (Å²) in [4.78, 5) is 13.0. The standard InChI is InChI=1S/C13H21N5O2/c1-17-7-3-4-10(9-17)8-15-11-5-2-6-12(16-14)13(11)18(19)20/h2,5-6,10,15-16H,3-4,7-9,14H2,1H3. The molecule has 1 saturated heterocycles. The third kappa shape index (κ3) is 3.37. The van der Waals surface area contributed by atoms with Crippen molar-refractivity contribution in [2.75, 3.05) is 37.4 Å². The number of hydrazine groups is 1. The minimum Gasteiger partial charge on any atom is -0.379 e. The zero-order valence-corrected chi connectivity index (χ0v) is 11.6. The summed E-state index contributed by atoms with van der Waals surface area (Å²) in [6.45, 7) is 2.89. The molecule has 0 spiro atoms. The Bertz CT molecular complexity index is 480. The molecule has 0 amide bonds. The van der Waals surface area contributed by atoms with Crippen molar-refractivity contribution in [2.24, 2.45) is 11.8 Å². The van der Waals surface area contributed by atoms with Gasteiger partial charge in [-0.2, -0.15) is 0 Å². The van der Waals surface area contributed by atoms with E-state index in [1.165, 1.54) is 6.42 Å². The minimum atomic E-state index is -0.412. The van der Waals surface area contributed by atoms with Crippen molar-refractivity contribution in [1.82, 2.24) is 4.90 Å². The second-order valence-corrected chi connectivity index (χ2v) is 5.25. The number of para-hydroxylation sites is 1. The van der Waals surface area contributed by atoms with Crippen molar-refractivity contribution >= 4 is 17.1 Å². The lowest BCUT2D eigenvalue weighted by molar-refractivity contribution is -0.383. The van der Waals surface area contributed by atoms with Crippen LogP contribution in [0, 0.1) is 16.0 Å². The molecule has 0 saturated carbocycles. The zero-order valence-electron chi connectivity index (χ0n) is 11.6. The molecule has 7 nitrogen and oxygen atoms in total. The van der Waals surface area contributed by atoms with E-state index in [2.05, 4.69) is 22.7 Å². The average molecular weight is 279 g/mol. The number of hydrogen-bond donors (Lipinski definition) is 3. The molecule has 1 unspecified atom stereocenters. The summed E-state index contributed by atoms with van der Waals surface area (Å²) < 4.78 is 0. The largest absolute Gasteiger partial charge is 0.379 e. The van der Waals surface area contributed by atoms with Crippen LogP contribution in [0.1, 0.15) is 12.8 Å². The SMILES string of the molecule is CN1CCCC(CNc2cccc(NN)c2[N+](=O)[O-])C1. The number of nitrogen functional groups attached to an aromatic ring is 1. The van der Waals surface area contributed by atoms with E-state index in [0.29, 0.717) is 17.3 Å². The molecule has 0 aromatic heterocycles. The van der Waals surface area contributed by atoms with Gasteiger partial charge in [0.05, 0.1) is 4.92 Å². The molecule has 7 heteroatoms. The molecule has 110 valence electrons. The number of piperidine rings is 1. The Kier molecular flexibility index (Phi) is 4.75. The molecule has 4 N–H and O–H groups in total. The Morgan fingerprint density at radius 3 is 2.90 bits per heavy atom. The maximum absolute atomic E-state index is 11.2. The molecule has 1 heterocycles. The lowest BCUT2D eigenvalue weighted by Gasteiger charge is -2.29. The van der Waals surface area contributed by atoms with Gasteiger partial charge in [-0.25, -0.2) is 0 Å². The van der Waals surface area contributed by atoms with E-state index in [0.717, 1.165) is 26.1 Å². The fourth-order valence-corrected chi connectivity index (χ4v) is 2.69. The topological polar surface area (TPSA) is 96.5 Å². The van der Waals surface area contributed by atoms with Crippen LogP contribution in [0.15, 0.2) is 18.2 Å². The highest BCUT2D eigenvalue weighted by Crippen LogP contribution is 2.32. The highest BCUT2D eigenvalue weighted by Gasteiger charge is 2.21. The van der Waals surface area contributed by atoms with Crippen molar-refractivity contribution in [3.05, 3.63) is 28.3 Å². The van der Waals surface area contributed by atoms with Crippen LogP contribution in [0.4, 0.5) is 17.1 Å². The van der Waals surface area contributed by atoms with E-state index in [1.54, 1.807) is 18.2 Å². The minimum absolute atomic E-state index is 0.000774. The first-order chi connectivity index (χ1) is 9.61. The van der Waals surface area contributed by atoms with Gasteiger partial charge in [-0.1, -0.05) is 6.07 Å². The summed E-state index contributed by atoms with van der Waals surface area (Å²) in [5.41, 5.74) is 3.20. The van der Waals surface area contributed by atoms with Crippen LogP contribution in [0.2, 0.25) is 0 Å². The monoisotopic (exact) mass is 279 g/mol. The number of anilines is 2. The van der Waals surface area contributed by atoms with Gasteiger partial charge in [-0.3, -0.25) is 16.0 Å². The lowest BCUT2D eigenvalue weighted by Crippen LogP contribution is -2.35. The number of nitro groups is 1. The smallest absolute Gasteiger partial charge is 0.316 e. The number of benzene rings is 1.